The van der Waals surface area contributed by atoms with Crippen molar-refractivity contribution in [1.29, 1.82) is 0 Å². The summed E-state index contributed by atoms with van der Waals surface area (Å²) in [7, 11) is 1.30. The van der Waals surface area contributed by atoms with Crippen molar-refractivity contribution in [3.63, 3.8) is 0 Å². The van der Waals surface area contributed by atoms with Crippen LogP contribution in [0.2, 0.25) is 0 Å². The van der Waals surface area contributed by atoms with Gasteiger partial charge in [0.15, 0.2) is 5.58 Å². The highest BCUT2D eigenvalue weighted by Crippen LogP contribution is 2.30. The van der Waals surface area contributed by atoms with Crippen molar-refractivity contribution in [3.05, 3.63) is 76.3 Å². The maximum atomic E-state index is 12.6. The van der Waals surface area contributed by atoms with E-state index in [9.17, 15) is 9.59 Å². The van der Waals surface area contributed by atoms with E-state index in [1.165, 1.54) is 7.11 Å². The van der Waals surface area contributed by atoms with Crippen LogP contribution in [0.4, 0.5) is 0 Å². The molecule has 0 saturated carbocycles. The number of rotatable bonds is 2. The molecular weight excluding hydrogens is 318 g/mol. The van der Waals surface area contributed by atoms with Crippen LogP contribution in [0.25, 0.3) is 27.7 Å². The van der Waals surface area contributed by atoms with Crippen molar-refractivity contribution in [3.8, 4) is 11.1 Å². The number of esters is 1. The number of carbonyl (C=O) groups excluding carboxylic acids is 1. The Bertz CT molecular complexity index is 1170. The summed E-state index contributed by atoms with van der Waals surface area (Å²) in [6.45, 7) is 1.93. The van der Waals surface area contributed by atoms with Gasteiger partial charge < -0.3 is 13.6 Å². The monoisotopic (exact) mass is 333 g/mol. The maximum absolute atomic E-state index is 12.6. The van der Waals surface area contributed by atoms with E-state index in [1.807, 2.05) is 49.4 Å². The van der Waals surface area contributed by atoms with Crippen LogP contribution in [0.1, 0.15) is 15.9 Å². The molecule has 0 aliphatic heterocycles. The number of methoxy groups -OCH3 is 1. The molecule has 0 amide bonds. The van der Waals surface area contributed by atoms with E-state index in [0.29, 0.717) is 16.7 Å². The van der Waals surface area contributed by atoms with Gasteiger partial charge in [-0.25, -0.2) is 9.59 Å². The lowest BCUT2D eigenvalue weighted by Crippen LogP contribution is -2.10. The van der Waals surface area contributed by atoms with Gasteiger partial charge >= 0.3 is 11.6 Å². The van der Waals surface area contributed by atoms with Gasteiger partial charge in [-0.05, 0) is 30.2 Å². The fourth-order valence-electron chi connectivity index (χ4n) is 3.09. The molecule has 0 radical (unpaired) electrons. The number of carbonyl (C=O) groups is 1. The Hall–Kier alpha value is -3.34. The van der Waals surface area contributed by atoms with Gasteiger partial charge in [0.2, 0.25) is 0 Å². The van der Waals surface area contributed by atoms with Crippen LogP contribution in [-0.4, -0.2) is 17.5 Å². The summed E-state index contributed by atoms with van der Waals surface area (Å²) in [6.07, 6.45) is 1.78. The third-order valence-electron chi connectivity index (χ3n) is 4.25. The smallest absolute Gasteiger partial charge is 0.361 e. The van der Waals surface area contributed by atoms with Crippen LogP contribution in [0, 0.1) is 6.92 Å². The fraction of sp³-hybridized carbons (Fsp3) is 0.100. The molecule has 25 heavy (non-hydrogen) atoms. The number of nitrogens with zero attached hydrogens (tertiary/aromatic N) is 1. The molecule has 5 nitrogen and oxygen atoms in total. The third-order valence-corrected chi connectivity index (χ3v) is 4.25. The summed E-state index contributed by atoms with van der Waals surface area (Å²) in [4.78, 5) is 25.0. The second kappa shape index (κ2) is 5.63. The average molecular weight is 333 g/mol. The highest BCUT2D eigenvalue weighted by Gasteiger charge is 2.24. The summed E-state index contributed by atoms with van der Waals surface area (Å²) in [5.74, 6) is -0.569. The number of hydrogen-bond acceptors (Lipinski definition) is 4. The number of benzene rings is 2. The second-order valence-corrected chi connectivity index (χ2v) is 5.85. The molecule has 2 heterocycles. The summed E-state index contributed by atoms with van der Waals surface area (Å²) in [5.41, 5.74) is 3.46. The molecule has 2 aromatic carbocycles. The first-order valence-electron chi connectivity index (χ1n) is 7.82. The molecule has 2 aromatic heterocycles. The highest BCUT2D eigenvalue weighted by molar-refractivity contribution is 6.05. The van der Waals surface area contributed by atoms with Crippen LogP contribution in [0.5, 0.6) is 0 Å². The molecule has 0 saturated heterocycles. The molecule has 0 N–H and O–H groups in total. The minimum Gasteiger partial charge on any atom is -0.465 e. The molecule has 5 heteroatoms. The summed E-state index contributed by atoms with van der Waals surface area (Å²) in [6, 6.07) is 15.0. The molecule has 0 aliphatic carbocycles. The van der Waals surface area contributed by atoms with Crippen molar-refractivity contribution >= 4 is 22.6 Å². The topological polar surface area (TPSA) is 60.9 Å². The van der Waals surface area contributed by atoms with Crippen molar-refractivity contribution in [1.82, 2.24) is 4.40 Å². The van der Waals surface area contributed by atoms with Gasteiger partial charge in [0.1, 0.15) is 11.1 Å². The summed E-state index contributed by atoms with van der Waals surface area (Å²) >= 11 is 0. The van der Waals surface area contributed by atoms with Crippen molar-refractivity contribution in [2.75, 3.05) is 7.11 Å². The first-order valence-corrected chi connectivity index (χ1v) is 7.82. The van der Waals surface area contributed by atoms with E-state index < -0.39 is 11.6 Å². The Kier molecular flexibility index (Phi) is 3.42. The lowest BCUT2D eigenvalue weighted by molar-refractivity contribution is 0.0603. The van der Waals surface area contributed by atoms with Crippen molar-refractivity contribution in [2.45, 2.75) is 6.92 Å². The lowest BCUT2D eigenvalue weighted by atomic mass is 10.0. The normalized spacial score (nSPS) is 11.1. The molecule has 4 rings (SSSR count). The van der Waals surface area contributed by atoms with Gasteiger partial charge in [-0.15, -0.1) is 0 Å². The third kappa shape index (κ3) is 2.32. The standard InChI is InChI=1S/C20H15NO4/c1-12-8-9-15-16(10-12)25-20(23)18-17(19(22)24-2)14(11-21(15)18)13-6-4-3-5-7-13/h3-11H,1-2H3. The predicted molar refractivity (Wildman–Crippen MR) is 95.0 cm³/mol. The molecular formula is C20H15NO4. The Balaban J connectivity index is 2.19. The minimum absolute atomic E-state index is 0.182. The summed E-state index contributed by atoms with van der Waals surface area (Å²) < 4.78 is 12.1. The van der Waals surface area contributed by atoms with Crippen LogP contribution >= 0.6 is 0 Å². The van der Waals surface area contributed by atoms with E-state index in [-0.39, 0.29) is 11.1 Å². The Morgan fingerprint density at radius 2 is 1.88 bits per heavy atom. The van der Waals surface area contributed by atoms with E-state index in [0.717, 1.165) is 11.1 Å². The van der Waals surface area contributed by atoms with Crippen LogP contribution in [0.3, 0.4) is 0 Å². The molecule has 0 atom stereocenters. The molecule has 124 valence electrons. The Labute approximate surface area is 143 Å². The minimum atomic E-state index is -0.569. The Morgan fingerprint density at radius 1 is 1.12 bits per heavy atom. The molecule has 0 unspecified atom stereocenters. The lowest BCUT2D eigenvalue weighted by Gasteiger charge is -2.03. The molecule has 0 aliphatic rings. The quantitative estimate of drug-likeness (QED) is 0.523. The SMILES string of the molecule is COC(=O)c1c(-c2ccccc2)cn2c1c(=O)oc1cc(C)ccc12. The second-order valence-electron chi connectivity index (χ2n) is 5.85. The molecule has 0 spiro atoms. The highest BCUT2D eigenvalue weighted by atomic mass is 16.5. The largest absolute Gasteiger partial charge is 0.465 e. The summed E-state index contributed by atoms with van der Waals surface area (Å²) in [5, 5.41) is 0. The van der Waals surface area contributed by atoms with E-state index in [1.54, 1.807) is 16.7 Å². The van der Waals surface area contributed by atoms with Crippen molar-refractivity contribution in [2.24, 2.45) is 0 Å². The van der Waals surface area contributed by atoms with E-state index in [2.05, 4.69) is 0 Å². The van der Waals surface area contributed by atoms with Gasteiger partial charge in [0.25, 0.3) is 0 Å². The van der Waals surface area contributed by atoms with Crippen molar-refractivity contribution < 1.29 is 13.9 Å². The van der Waals surface area contributed by atoms with Gasteiger partial charge in [0.05, 0.1) is 12.6 Å². The maximum Gasteiger partial charge on any atom is 0.361 e. The zero-order valence-corrected chi connectivity index (χ0v) is 13.8. The van der Waals surface area contributed by atoms with E-state index >= 15 is 0 Å². The van der Waals surface area contributed by atoms with Crippen LogP contribution < -0.4 is 5.63 Å². The van der Waals surface area contributed by atoms with E-state index in [4.69, 9.17) is 9.15 Å². The molecule has 0 fully saturated rings. The zero-order valence-electron chi connectivity index (χ0n) is 13.8. The van der Waals surface area contributed by atoms with Crippen LogP contribution in [-0.2, 0) is 4.74 Å². The van der Waals surface area contributed by atoms with Gasteiger partial charge in [0, 0.05) is 11.8 Å². The predicted octanol–water partition coefficient (Wildman–Crippen LogP) is 3.81. The number of aryl methyl sites for hydroxylation is 1. The van der Waals surface area contributed by atoms with Crippen LogP contribution in [0.15, 0.2) is 63.9 Å². The number of hydrogen-bond donors (Lipinski definition) is 0. The van der Waals surface area contributed by atoms with Gasteiger partial charge in [-0.1, -0.05) is 36.4 Å². The fourth-order valence-corrected chi connectivity index (χ4v) is 3.09. The van der Waals surface area contributed by atoms with Gasteiger partial charge in [-0.2, -0.15) is 0 Å². The first kappa shape index (κ1) is 15.2. The first-order chi connectivity index (χ1) is 12.1. The average Bonchev–Trinajstić information content (AvgIpc) is 3.03. The molecule has 4 aromatic rings. The molecule has 0 bridgehead atoms. The number of fused-ring (bicyclic) bond motifs is 3. The number of ether oxygens (including phenoxy) is 1. The number of aromatic nitrogens is 1. The van der Waals surface area contributed by atoms with Gasteiger partial charge in [-0.3, -0.25) is 0 Å². The Morgan fingerprint density at radius 3 is 2.60 bits per heavy atom. The zero-order chi connectivity index (χ0) is 17.6.